The Kier molecular flexibility index (Phi) is 4.89. The van der Waals surface area contributed by atoms with E-state index in [1.54, 1.807) is 0 Å². The first-order valence-corrected chi connectivity index (χ1v) is 6.18. The van der Waals surface area contributed by atoms with Crippen molar-refractivity contribution in [3.8, 4) is 0 Å². The smallest absolute Gasteiger partial charge is 0.0294 e. The molecule has 0 amide bonds. The minimum absolute atomic E-state index is 0.203. The summed E-state index contributed by atoms with van der Waals surface area (Å²) in [5.41, 5.74) is 7.35. The average Bonchev–Trinajstić information content (AvgIpc) is 2.15. The van der Waals surface area contributed by atoms with Crippen LogP contribution in [-0.2, 0) is 0 Å². The number of halogens is 1. The zero-order valence-corrected chi connectivity index (χ0v) is 11.0. The van der Waals surface area contributed by atoms with Gasteiger partial charge in [-0.05, 0) is 59.0 Å². The van der Waals surface area contributed by atoms with Crippen LogP contribution in [0.15, 0.2) is 24.3 Å². The molecule has 14 heavy (non-hydrogen) atoms. The van der Waals surface area contributed by atoms with Crippen LogP contribution >= 0.6 is 22.6 Å². The van der Waals surface area contributed by atoms with Crippen molar-refractivity contribution in [3.63, 3.8) is 0 Å². The molecule has 1 aromatic rings. The molecule has 0 aliphatic carbocycles. The summed E-state index contributed by atoms with van der Waals surface area (Å²) in [5.74, 6) is 0.741. The van der Waals surface area contributed by atoms with E-state index in [1.165, 1.54) is 15.6 Å². The third-order valence-corrected chi connectivity index (χ3v) is 3.07. The maximum atomic E-state index is 6.09. The van der Waals surface area contributed by atoms with Crippen molar-refractivity contribution < 1.29 is 0 Å². The van der Waals surface area contributed by atoms with Crippen LogP contribution in [0.5, 0.6) is 0 Å². The summed E-state index contributed by atoms with van der Waals surface area (Å²) < 4.78 is 1.27. The van der Waals surface area contributed by atoms with Gasteiger partial charge in [-0.2, -0.15) is 0 Å². The molecule has 2 N–H and O–H groups in total. The van der Waals surface area contributed by atoms with E-state index in [1.807, 2.05) is 0 Å². The van der Waals surface area contributed by atoms with Gasteiger partial charge < -0.3 is 5.73 Å². The van der Waals surface area contributed by atoms with Gasteiger partial charge in [0.25, 0.3) is 0 Å². The van der Waals surface area contributed by atoms with Crippen molar-refractivity contribution >= 4 is 22.6 Å². The van der Waals surface area contributed by atoms with Crippen LogP contribution in [0.2, 0.25) is 0 Å². The molecule has 0 spiro atoms. The van der Waals surface area contributed by atoms with Gasteiger partial charge >= 0.3 is 0 Å². The Morgan fingerprint density at radius 2 is 1.71 bits per heavy atom. The lowest BCUT2D eigenvalue weighted by atomic mass is 9.98. The number of rotatable bonds is 4. The van der Waals surface area contributed by atoms with Crippen LogP contribution in [0.4, 0.5) is 0 Å². The van der Waals surface area contributed by atoms with Crippen LogP contribution in [0, 0.1) is 9.49 Å². The average molecular weight is 303 g/mol. The largest absolute Gasteiger partial charge is 0.324 e. The van der Waals surface area contributed by atoms with E-state index in [9.17, 15) is 0 Å². The van der Waals surface area contributed by atoms with Crippen LogP contribution < -0.4 is 5.73 Å². The fourth-order valence-corrected chi connectivity index (χ4v) is 1.75. The molecule has 0 aliphatic rings. The molecule has 0 saturated carbocycles. The zero-order chi connectivity index (χ0) is 10.6. The van der Waals surface area contributed by atoms with E-state index in [0.717, 1.165) is 12.3 Å². The Labute approximate surface area is 100 Å². The predicted molar refractivity (Wildman–Crippen MR) is 70.2 cm³/mol. The minimum Gasteiger partial charge on any atom is -0.324 e. The lowest BCUT2D eigenvalue weighted by Crippen LogP contribution is -2.11. The molecule has 1 aromatic carbocycles. The highest BCUT2D eigenvalue weighted by molar-refractivity contribution is 14.1. The second-order valence-corrected chi connectivity index (χ2v) is 5.37. The second kappa shape index (κ2) is 5.71. The Bertz CT molecular complexity index is 266. The lowest BCUT2D eigenvalue weighted by Gasteiger charge is -2.13. The molecular formula is C12H18IN. The third kappa shape index (κ3) is 3.96. The maximum absolute atomic E-state index is 6.09. The van der Waals surface area contributed by atoms with Gasteiger partial charge in [0, 0.05) is 9.61 Å². The first-order valence-electron chi connectivity index (χ1n) is 5.10. The summed E-state index contributed by atoms with van der Waals surface area (Å²) in [4.78, 5) is 0. The molecule has 1 atom stereocenters. The van der Waals surface area contributed by atoms with Crippen LogP contribution in [0.3, 0.4) is 0 Å². The molecule has 1 rings (SSSR count). The number of hydrogen-bond acceptors (Lipinski definition) is 1. The Hall–Kier alpha value is -0.0900. The quantitative estimate of drug-likeness (QED) is 0.843. The number of hydrogen-bond donors (Lipinski definition) is 1. The fourth-order valence-electron chi connectivity index (χ4n) is 1.39. The van der Waals surface area contributed by atoms with Gasteiger partial charge in [-0.15, -0.1) is 0 Å². The van der Waals surface area contributed by atoms with Crippen molar-refractivity contribution in [2.45, 2.75) is 32.7 Å². The molecule has 0 heterocycles. The van der Waals surface area contributed by atoms with Crippen molar-refractivity contribution in [2.24, 2.45) is 11.7 Å². The fraction of sp³-hybridized carbons (Fsp3) is 0.500. The Morgan fingerprint density at radius 1 is 1.14 bits per heavy atom. The highest BCUT2D eigenvalue weighted by atomic mass is 127. The van der Waals surface area contributed by atoms with Crippen molar-refractivity contribution in [1.82, 2.24) is 0 Å². The molecule has 1 unspecified atom stereocenters. The van der Waals surface area contributed by atoms with Crippen molar-refractivity contribution in [3.05, 3.63) is 33.4 Å². The van der Waals surface area contributed by atoms with Gasteiger partial charge in [-0.3, -0.25) is 0 Å². The molecule has 0 bridgehead atoms. The molecule has 2 heteroatoms. The van der Waals surface area contributed by atoms with Crippen molar-refractivity contribution in [1.29, 1.82) is 0 Å². The van der Waals surface area contributed by atoms with Gasteiger partial charge in [0.15, 0.2) is 0 Å². The molecule has 78 valence electrons. The van der Waals surface area contributed by atoms with E-state index >= 15 is 0 Å². The van der Waals surface area contributed by atoms with E-state index in [0.29, 0.717) is 0 Å². The number of nitrogens with two attached hydrogens (primary N) is 1. The second-order valence-electron chi connectivity index (χ2n) is 4.13. The lowest BCUT2D eigenvalue weighted by molar-refractivity contribution is 0.507. The van der Waals surface area contributed by atoms with Crippen LogP contribution in [-0.4, -0.2) is 0 Å². The molecular weight excluding hydrogens is 285 g/mol. The van der Waals surface area contributed by atoms with Gasteiger partial charge in [0.1, 0.15) is 0 Å². The highest BCUT2D eigenvalue weighted by Crippen LogP contribution is 2.19. The molecule has 0 saturated heterocycles. The topological polar surface area (TPSA) is 26.0 Å². The van der Waals surface area contributed by atoms with Gasteiger partial charge in [0.2, 0.25) is 0 Å². The minimum atomic E-state index is 0.203. The van der Waals surface area contributed by atoms with E-state index < -0.39 is 0 Å². The van der Waals surface area contributed by atoms with E-state index in [4.69, 9.17) is 5.73 Å². The molecule has 0 radical (unpaired) electrons. The van der Waals surface area contributed by atoms with Gasteiger partial charge in [-0.1, -0.05) is 26.0 Å². The van der Waals surface area contributed by atoms with Crippen LogP contribution in [0.1, 0.15) is 38.3 Å². The Morgan fingerprint density at radius 3 is 2.21 bits per heavy atom. The first kappa shape index (κ1) is 12.0. The summed E-state index contributed by atoms with van der Waals surface area (Å²) in [5, 5.41) is 0. The van der Waals surface area contributed by atoms with Crippen molar-refractivity contribution in [2.75, 3.05) is 0 Å². The summed E-state index contributed by atoms with van der Waals surface area (Å²) in [6, 6.07) is 8.70. The monoisotopic (exact) mass is 303 g/mol. The van der Waals surface area contributed by atoms with E-state index in [-0.39, 0.29) is 6.04 Å². The van der Waals surface area contributed by atoms with Crippen LogP contribution in [0.25, 0.3) is 0 Å². The summed E-state index contributed by atoms with van der Waals surface area (Å²) in [7, 11) is 0. The van der Waals surface area contributed by atoms with Gasteiger partial charge in [-0.25, -0.2) is 0 Å². The summed E-state index contributed by atoms with van der Waals surface area (Å²) >= 11 is 2.31. The Balaban J connectivity index is 2.52. The summed E-state index contributed by atoms with van der Waals surface area (Å²) in [6.07, 6.45) is 2.28. The maximum Gasteiger partial charge on any atom is 0.0294 e. The SMILES string of the molecule is CC(C)CCC(N)c1ccc(I)cc1. The standard InChI is InChI=1S/C12H18IN/c1-9(2)3-8-12(14)10-4-6-11(13)7-5-10/h4-7,9,12H,3,8,14H2,1-2H3. The normalized spacial score (nSPS) is 13.2. The number of benzene rings is 1. The van der Waals surface area contributed by atoms with Gasteiger partial charge in [0.05, 0.1) is 0 Å². The predicted octanol–water partition coefficient (Wildman–Crippen LogP) is 3.73. The molecule has 0 aromatic heterocycles. The molecule has 0 fully saturated rings. The summed E-state index contributed by atoms with van der Waals surface area (Å²) in [6.45, 7) is 4.47. The molecule has 1 nitrogen and oxygen atoms in total. The third-order valence-electron chi connectivity index (χ3n) is 2.35. The zero-order valence-electron chi connectivity index (χ0n) is 8.83. The van der Waals surface area contributed by atoms with E-state index in [2.05, 4.69) is 60.7 Å². The highest BCUT2D eigenvalue weighted by Gasteiger charge is 2.06. The molecule has 0 aliphatic heterocycles. The first-order chi connectivity index (χ1) is 6.59.